The fraction of sp³-hybridized carbons (Fsp3) is 0.350. The second kappa shape index (κ2) is 7.13. The summed E-state index contributed by atoms with van der Waals surface area (Å²) in [5, 5.41) is 3.70. The molecule has 24 heavy (non-hydrogen) atoms. The highest BCUT2D eigenvalue weighted by atomic mass is 127. The van der Waals surface area contributed by atoms with Gasteiger partial charge in [-0.3, -0.25) is 4.79 Å². The van der Waals surface area contributed by atoms with Crippen molar-refractivity contribution in [3.63, 3.8) is 0 Å². The van der Waals surface area contributed by atoms with Crippen molar-refractivity contribution in [3.8, 4) is 0 Å². The number of rotatable bonds is 3. The number of halogens is 1. The lowest BCUT2D eigenvalue weighted by Gasteiger charge is -2.45. The number of para-hydroxylation sites is 1. The van der Waals surface area contributed by atoms with Gasteiger partial charge in [-0.25, -0.2) is 0 Å². The maximum atomic E-state index is 12.3. The van der Waals surface area contributed by atoms with Gasteiger partial charge >= 0.3 is 0 Å². The summed E-state index contributed by atoms with van der Waals surface area (Å²) in [5.74, 6) is 0.446. The minimum absolute atomic E-state index is 0.119. The van der Waals surface area contributed by atoms with Crippen molar-refractivity contribution >= 4 is 39.9 Å². The number of nitrogens with one attached hydrogen (secondary N) is 1. The summed E-state index contributed by atoms with van der Waals surface area (Å²) in [6, 6.07) is 17.1. The Balaban J connectivity index is 2.03. The normalized spacial score (nSPS) is 22.8. The molecule has 126 valence electrons. The molecule has 0 fully saturated rings. The number of nitrogens with zero attached hydrogens (tertiary/aromatic N) is 1. The van der Waals surface area contributed by atoms with E-state index < -0.39 is 0 Å². The first kappa shape index (κ1) is 17.3. The van der Waals surface area contributed by atoms with Crippen LogP contribution in [0.15, 0.2) is 48.5 Å². The highest BCUT2D eigenvalue weighted by Gasteiger charge is 2.39. The zero-order valence-electron chi connectivity index (χ0n) is 14.3. The quantitative estimate of drug-likeness (QED) is 0.672. The Hall–Kier alpha value is -1.56. The van der Waals surface area contributed by atoms with E-state index >= 15 is 0 Å². The third-order valence-electron chi connectivity index (χ3n) is 4.92. The standard InChI is InChI=1S/C20H23IN2O/c1-4-18-13(2)20(22-16-11-9-15(21)10-12-16)17-7-5-6-8-19(17)23(18)14(3)24/h5-13,18,20,22H,4H2,1-3H3. The lowest BCUT2D eigenvalue weighted by molar-refractivity contribution is -0.117. The van der Waals surface area contributed by atoms with Crippen molar-refractivity contribution in [2.75, 3.05) is 10.2 Å². The molecular weight excluding hydrogens is 411 g/mol. The Labute approximate surface area is 157 Å². The highest BCUT2D eigenvalue weighted by molar-refractivity contribution is 14.1. The average molecular weight is 434 g/mol. The zero-order chi connectivity index (χ0) is 17.3. The van der Waals surface area contributed by atoms with Crippen molar-refractivity contribution in [1.29, 1.82) is 0 Å². The first-order valence-electron chi connectivity index (χ1n) is 8.43. The maximum absolute atomic E-state index is 12.3. The molecular formula is C20H23IN2O. The number of benzene rings is 2. The van der Waals surface area contributed by atoms with Crippen LogP contribution in [0.3, 0.4) is 0 Å². The first-order chi connectivity index (χ1) is 11.5. The Morgan fingerprint density at radius 2 is 1.83 bits per heavy atom. The third-order valence-corrected chi connectivity index (χ3v) is 5.64. The number of anilines is 2. The number of hydrogen-bond donors (Lipinski definition) is 1. The second-order valence-electron chi connectivity index (χ2n) is 6.41. The molecule has 4 heteroatoms. The van der Waals surface area contributed by atoms with Crippen LogP contribution in [0.5, 0.6) is 0 Å². The van der Waals surface area contributed by atoms with Crippen molar-refractivity contribution in [2.24, 2.45) is 5.92 Å². The van der Waals surface area contributed by atoms with Gasteiger partial charge in [-0.15, -0.1) is 0 Å². The van der Waals surface area contributed by atoms with E-state index in [1.54, 1.807) is 6.92 Å². The van der Waals surface area contributed by atoms with E-state index in [1.807, 2.05) is 11.0 Å². The molecule has 0 aromatic heterocycles. The van der Waals surface area contributed by atoms with Crippen molar-refractivity contribution < 1.29 is 4.79 Å². The van der Waals surface area contributed by atoms with Gasteiger partial charge in [0.2, 0.25) is 5.91 Å². The van der Waals surface area contributed by atoms with E-state index in [0.29, 0.717) is 5.92 Å². The first-order valence-corrected chi connectivity index (χ1v) is 9.51. The molecule has 3 atom stereocenters. The molecule has 2 aromatic carbocycles. The molecule has 0 spiro atoms. The molecule has 3 nitrogen and oxygen atoms in total. The molecule has 2 aromatic rings. The summed E-state index contributed by atoms with van der Waals surface area (Å²) in [4.78, 5) is 14.3. The molecule has 3 unspecified atom stereocenters. The summed E-state index contributed by atoms with van der Waals surface area (Å²) in [5.41, 5.74) is 3.36. The fourth-order valence-corrected chi connectivity index (χ4v) is 4.14. The molecule has 1 heterocycles. The number of carbonyl (C=O) groups excluding carboxylic acids is 1. The molecule has 1 amide bonds. The lowest BCUT2D eigenvalue weighted by Crippen LogP contribution is -2.49. The largest absolute Gasteiger partial charge is 0.378 e. The predicted octanol–water partition coefficient (Wildman–Crippen LogP) is 5.23. The molecule has 0 bridgehead atoms. The number of hydrogen-bond acceptors (Lipinski definition) is 2. The van der Waals surface area contributed by atoms with Gasteiger partial charge in [-0.2, -0.15) is 0 Å². The van der Waals surface area contributed by atoms with Gasteiger partial charge in [0, 0.05) is 33.8 Å². The summed E-state index contributed by atoms with van der Waals surface area (Å²) in [6.45, 7) is 6.07. The molecule has 3 rings (SSSR count). The van der Waals surface area contributed by atoms with E-state index in [1.165, 1.54) is 9.13 Å². The van der Waals surface area contributed by atoms with Gasteiger partial charge in [0.05, 0.1) is 6.04 Å². The van der Waals surface area contributed by atoms with Crippen LogP contribution in [0.2, 0.25) is 0 Å². The van der Waals surface area contributed by atoms with Crippen LogP contribution >= 0.6 is 22.6 Å². The topological polar surface area (TPSA) is 32.3 Å². The van der Waals surface area contributed by atoms with Crippen molar-refractivity contribution in [3.05, 3.63) is 57.7 Å². The van der Waals surface area contributed by atoms with Crippen molar-refractivity contribution in [1.82, 2.24) is 0 Å². The molecule has 0 saturated carbocycles. The maximum Gasteiger partial charge on any atom is 0.224 e. The van der Waals surface area contributed by atoms with Crippen LogP contribution in [0, 0.1) is 9.49 Å². The predicted molar refractivity (Wildman–Crippen MR) is 108 cm³/mol. The molecule has 1 N–H and O–H groups in total. The van der Waals surface area contributed by atoms with Gasteiger partial charge in [-0.05, 0) is 64.9 Å². The minimum atomic E-state index is 0.119. The molecule has 1 aliphatic rings. The fourth-order valence-electron chi connectivity index (χ4n) is 3.78. The van der Waals surface area contributed by atoms with Crippen LogP contribution in [0.25, 0.3) is 0 Å². The van der Waals surface area contributed by atoms with Gasteiger partial charge in [-0.1, -0.05) is 32.0 Å². The number of fused-ring (bicyclic) bond motifs is 1. The minimum Gasteiger partial charge on any atom is -0.378 e. The Kier molecular flexibility index (Phi) is 5.13. The van der Waals surface area contributed by atoms with E-state index in [9.17, 15) is 4.79 Å². The van der Waals surface area contributed by atoms with Gasteiger partial charge in [0.15, 0.2) is 0 Å². The second-order valence-corrected chi connectivity index (χ2v) is 7.66. The van der Waals surface area contributed by atoms with E-state index in [0.717, 1.165) is 17.8 Å². The van der Waals surface area contributed by atoms with E-state index in [2.05, 4.69) is 84.2 Å². The SMILES string of the molecule is CCC1C(C)C(Nc2ccc(I)cc2)c2ccccc2N1C(C)=O. The Bertz CT molecular complexity index is 729. The monoisotopic (exact) mass is 434 g/mol. The summed E-state index contributed by atoms with van der Waals surface area (Å²) in [6.07, 6.45) is 0.944. The zero-order valence-corrected chi connectivity index (χ0v) is 16.4. The molecule has 0 saturated heterocycles. The van der Waals surface area contributed by atoms with Crippen LogP contribution in [-0.4, -0.2) is 11.9 Å². The average Bonchev–Trinajstić information content (AvgIpc) is 2.58. The molecule has 0 aliphatic carbocycles. The van der Waals surface area contributed by atoms with E-state index in [4.69, 9.17) is 0 Å². The molecule has 1 aliphatic heterocycles. The highest BCUT2D eigenvalue weighted by Crippen LogP contribution is 2.43. The summed E-state index contributed by atoms with van der Waals surface area (Å²) in [7, 11) is 0. The van der Waals surface area contributed by atoms with Crippen LogP contribution in [0.1, 0.15) is 38.8 Å². The summed E-state index contributed by atoms with van der Waals surface area (Å²) >= 11 is 2.32. The van der Waals surface area contributed by atoms with Gasteiger partial charge in [0.25, 0.3) is 0 Å². The number of carbonyl (C=O) groups is 1. The van der Waals surface area contributed by atoms with Crippen LogP contribution < -0.4 is 10.2 Å². The molecule has 0 radical (unpaired) electrons. The van der Waals surface area contributed by atoms with Gasteiger partial charge < -0.3 is 10.2 Å². The number of amides is 1. The summed E-state index contributed by atoms with van der Waals surface area (Å²) < 4.78 is 1.23. The van der Waals surface area contributed by atoms with E-state index in [-0.39, 0.29) is 18.0 Å². The lowest BCUT2D eigenvalue weighted by atomic mass is 9.81. The van der Waals surface area contributed by atoms with Crippen LogP contribution in [-0.2, 0) is 4.79 Å². The Morgan fingerprint density at radius 3 is 2.46 bits per heavy atom. The Morgan fingerprint density at radius 1 is 1.17 bits per heavy atom. The van der Waals surface area contributed by atoms with Crippen LogP contribution in [0.4, 0.5) is 11.4 Å². The smallest absolute Gasteiger partial charge is 0.224 e. The third kappa shape index (κ3) is 3.16. The van der Waals surface area contributed by atoms with Gasteiger partial charge in [0.1, 0.15) is 0 Å². The van der Waals surface area contributed by atoms with Crippen molar-refractivity contribution in [2.45, 2.75) is 39.3 Å².